The van der Waals surface area contributed by atoms with Gasteiger partial charge in [-0.3, -0.25) is 9.59 Å². The number of halogens is 1. The minimum atomic E-state index is -0.629. The molecule has 0 bridgehead atoms. The van der Waals surface area contributed by atoms with E-state index in [1.807, 2.05) is 48.5 Å². The highest BCUT2D eigenvalue weighted by molar-refractivity contribution is 7.18. The standard InChI is InChI=1S/C20H13ClO4S/c21-18-10-9-17(26-18)14(22)11-24-20(23)19-12-5-1-3-7-15(12)25-16-8-4-2-6-13(16)19/h1-10,19H,11H2. The van der Waals surface area contributed by atoms with Crippen LogP contribution >= 0.6 is 22.9 Å². The van der Waals surface area contributed by atoms with Crippen LogP contribution in [0.5, 0.6) is 11.5 Å². The average molecular weight is 385 g/mol. The predicted octanol–water partition coefficient (Wildman–Crippen LogP) is 5.07. The molecule has 2 aromatic carbocycles. The van der Waals surface area contributed by atoms with Crippen molar-refractivity contribution in [2.75, 3.05) is 6.61 Å². The molecule has 0 fully saturated rings. The zero-order chi connectivity index (χ0) is 18.1. The second kappa shape index (κ2) is 6.94. The van der Waals surface area contributed by atoms with E-state index in [0.29, 0.717) is 20.7 Å². The molecule has 0 unspecified atom stereocenters. The first-order valence-corrected chi connectivity index (χ1v) is 9.14. The summed E-state index contributed by atoms with van der Waals surface area (Å²) in [5, 5.41) is 0. The Labute approximate surface area is 158 Å². The molecule has 1 aromatic heterocycles. The number of ether oxygens (including phenoxy) is 2. The van der Waals surface area contributed by atoms with Gasteiger partial charge >= 0.3 is 5.97 Å². The maximum atomic E-state index is 12.8. The molecular formula is C20H13ClO4S. The Morgan fingerprint density at radius 3 is 2.15 bits per heavy atom. The molecule has 1 aliphatic heterocycles. The van der Waals surface area contributed by atoms with Crippen LogP contribution in [-0.2, 0) is 9.53 Å². The third kappa shape index (κ3) is 3.11. The zero-order valence-electron chi connectivity index (χ0n) is 13.5. The average Bonchev–Trinajstić information content (AvgIpc) is 3.10. The molecule has 0 saturated heterocycles. The Bertz CT molecular complexity index is 949. The van der Waals surface area contributed by atoms with Crippen molar-refractivity contribution in [1.82, 2.24) is 0 Å². The van der Waals surface area contributed by atoms with Gasteiger partial charge in [-0.15, -0.1) is 11.3 Å². The van der Waals surface area contributed by atoms with Crippen molar-refractivity contribution in [3.8, 4) is 11.5 Å². The van der Waals surface area contributed by atoms with Crippen molar-refractivity contribution < 1.29 is 19.1 Å². The van der Waals surface area contributed by atoms with Gasteiger partial charge < -0.3 is 9.47 Å². The van der Waals surface area contributed by atoms with Gasteiger partial charge in [0.15, 0.2) is 6.61 Å². The molecule has 0 aliphatic carbocycles. The van der Waals surface area contributed by atoms with Crippen molar-refractivity contribution >= 4 is 34.7 Å². The van der Waals surface area contributed by atoms with E-state index in [9.17, 15) is 9.59 Å². The second-order valence-corrected chi connectivity index (χ2v) is 7.46. The topological polar surface area (TPSA) is 52.6 Å². The molecule has 26 heavy (non-hydrogen) atoms. The van der Waals surface area contributed by atoms with Crippen LogP contribution in [0.2, 0.25) is 4.34 Å². The van der Waals surface area contributed by atoms with Crippen LogP contribution in [0.15, 0.2) is 60.7 Å². The summed E-state index contributed by atoms with van der Waals surface area (Å²) in [5.41, 5.74) is 1.45. The Kier molecular flexibility index (Phi) is 4.49. The monoisotopic (exact) mass is 384 g/mol. The normalized spacial score (nSPS) is 12.7. The van der Waals surface area contributed by atoms with Crippen LogP contribution in [-0.4, -0.2) is 18.4 Å². The van der Waals surface area contributed by atoms with E-state index in [1.54, 1.807) is 12.1 Å². The van der Waals surface area contributed by atoms with E-state index in [-0.39, 0.29) is 12.4 Å². The molecule has 1 aliphatic rings. The van der Waals surface area contributed by atoms with E-state index in [1.165, 1.54) is 0 Å². The summed E-state index contributed by atoms with van der Waals surface area (Å²) in [7, 11) is 0. The lowest BCUT2D eigenvalue weighted by Crippen LogP contribution is -2.23. The van der Waals surface area contributed by atoms with Gasteiger partial charge in [-0.1, -0.05) is 48.0 Å². The van der Waals surface area contributed by atoms with Crippen molar-refractivity contribution in [1.29, 1.82) is 0 Å². The molecule has 0 atom stereocenters. The van der Waals surface area contributed by atoms with Crippen LogP contribution in [0.4, 0.5) is 0 Å². The summed E-state index contributed by atoms with van der Waals surface area (Å²) in [6, 6.07) is 17.9. The number of benzene rings is 2. The summed E-state index contributed by atoms with van der Waals surface area (Å²) < 4.78 is 11.7. The molecule has 4 rings (SSSR count). The number of ketones is 1. The molecular weight excluding hydrogens is 372 g/mol. The number of Topliss-reactive ketones (excluding diaryl/α,β-unsaturated/α-hetero) is 1. The molecule has 0 amide bonds. The van der Waals surface area contributed by atoms with E-state index >= 15 is 0 Å². The van der Waals surface area contributed by atoms with E-state index in [2.05, 4.69) is 0 Å². The third-order valence-corrected chi connectivity index (χ3v) is 5.38. The quantitative estimate of drug-likeness (QED) is 0.465. The highest BCUT2D eigenvalue weighted by Crippen LogP contribution is 2.44. The van der Waals surface area contributed by atoms with Gasteiger partial charge in [0.1, 0.15) is 17.4 Å². The first-order valence-electron chi connectivity index (χ1n) is 7.94. The predicted molar refractivity (Wildman–Crippen MR) is 99.4 cm³/mol. The molecule has 130 valence electrons. The molecule has 0 radical (unpaired) electrons. The summed E-state index contributed by atoms with van der Waals surface area (Å²) in [4.78, 5) is 25.5. The number of thiophene rings is 1. The van der Waals surface area contributed by atoms with Crippen molar-refractivity contribution in [3.63, 3.8) is 0 Å². The summed E-state index contributed by atoms with van der Waals surface area (Å²) >= 11 is 7.01. The van der Waals surface area contributed by atoms with Gasteiger partial charge in [-0.25, -0.2) is 0 Å². The highest BCUT2D eigenvalue weighted by Gasteiger charge is 2.33. The molecule has 0 spiro atoms. The Balaban J connectivity index is 1.58. The number of hydrogen-bond acceptors (Lipinski definition) is 5. The van der Waals surface area contributed by atoms with Crippen LogP contribution in [0.3, 0.4) is 0 Å². The fraction of sp³-hybridized carbons (Fsp3) is 0.100. The van der Waals surface area contributed by atoms with E-state index in [4.69, 9.17) is 21.1 Å². The molecule has 4 nitrogen and oxygen atoms in total. The summed E-state index contributed by atoms with van der Waals surface area (Å²) in [5.74, 6) is -0.155. The SMILES string of the molecule is O=C(COC(=O)C1c2ccccc2Oc2ccccc21)c1ccc(Cl)s1. The Morgan fingerprint density at radius 1 is 0.962 bits per heavy atom. The number of carbonyl (C=O) groups is 2. The van der Waals surface area contributed by atoms with Gasteiger partial charge in [0.25, 0.3) is 0 Å². The number of hydrogen-bond donors (Lipinski definition) is 0. The van der Waals surface area contributed by atoms with Gasteiger partial charge in [0.05, 0.1) is 9.21 Å². The van der Waals surface area contributed by atoms with Crippen LogP contribution in [0.25, 0.3) is 0 Å². The first-order chi connectivity index (χ1) is 12.6. The van der Waals surface area contributed by atoms with Gasteiger partial charge in [-0.2, -0.15) is 0 Å². The van der Waals surface area contributed by atoms with Crippen LogP contribution in [0, 0.1) is 0 Å². The Morgan fingerprint density at radius 2 is 1.58 bits per heavy atom. The molecule has 0 N–H and O–H groups in total. The van der Waals surface area contributed by atoms with Gasteiger partial charge in [0.2, 0.25) is 5.78 Å². The number of fused-ring (bicyclic) bond motifs is 2. The third-order valence-electron chi connectivity index (χ3n) is 4.11. The summed E-state index contributed by atoms with van der Waals surface area (Å²) in [6.45, 7) is -0.322. The smallest absolute Gasteiger partial charge is 0.318 e. The van der Waals surface area contributed by atoms with Gasteiger partial charge in [0, 0.05) is 11.1 Å². The Hall–Kier alpha value is -2.63. The van der Waals surface area contributed by atoms with E-state index in [0.717, 1.165) is 22.5 Å². The number of rotatable bonds is 4. The lowest BCUT2D eigenvalue weighted by atomic mass is 9.88. The molecule has 3 aromatic rings. The van der Waals surface area contributed by atoms with Crippen LogP contribution < -0.4 is 4.74 Å². The summed E-state index contributed by atoms with van der Waals surface area (Å²) in [6.07, 6.45) is 0. The number of carbonyl (C=O) groups excluding carboxylic acids is 2. The largest absolute Gasteiger partial charge is 0.457 e. The fourth-order valence-corrected chi connectivity index (χ4v) is 3.89. The number of esters is 1. The lowest BCUT2D eigenvalue weighted by molar-refractivity contribution is -0.143. The molecule has 0 saturated carbocycles. The van der Waals surface area contributed by atoms with Crippen molar-refractivity contribution in [3.05, 3.63) is 81.0 Å². The van der Waals surface area contributed by atoms with Gasteiger partial charge in [-0.05, 0) is 24.3 Å². The molecule has 6 heteroatoms. The van der Waals surface area contributed by atoms with Crippen LogP contribution in [0.1, 0.15) is 26.7 Å². The van der Waals surface area contributed by atoms with Crippen molar-refractivity contribution in [2.45, 2.75) is 5.92 Å². The minimum Gasteiger partial charge on any atom is -0.457 e. The lowest BCUT2D eigenvalue weighted by Gasteiger charge is -2.26. The maximum Gasteiger partial charge on any atom is 0.318 e. The number of para-hydroxylation sites is 2. The second-order valence-electron chi connectivity index (χ2n) is 5.75. The minimum absolute atomic E-state index is 0.274. The van der Waals surface area contributed by atoms with E-state index < -0.39 is 11.9 Å². The maximum absolute atomic E-state index is 12.8. The highest BCUT2D eigenvalue weighted by atomic mass is 35.5. The zero-order valence-corrected chi connectivity index (χ0v) is 15.0. The van der Waals surface area contributed by atoms with Crippen molar-refractivity contribution in [2.24, 2.45) is 0 Å². The first kappa shape index (κ1) is 16.8. The fourth-order valence-electron chi connectivity index (χ4n) is 2.92. The molecule has 2 heterocycles.